The average molecular weight is 537 g/mol. The van der Waals surface area contributed by atoms with Crippen molar-refractivity contribution in [2.75, 3.05) is 19.0 Å². The smallest absolute Gasteiger partial charge is 0.294 e. The zero-order chi connectivity index (χ0) is 26.5. The Bertz CT molecular complexity index is 1390. The summed E-state index contributed by atoms with van der Waals surface area (Å²) in [7, 11) is 1.49. The highest BCUT2D eigenvalue weighted by Gasteiger charge is 2.36. The molecule has 1 N–H and O–H groups in total. The molecule has 3 aromatic carbocycles. The van der Waals surface area contributed by atoms with Crippen LogP contribution in [0.3, 0.4) is 0 Å². The summed E-state index contributed by atoms with van der Waals surface area (Å²) >= 11 is 7.23. The van der Waals surface area contributed by atoms with Gasteiger partial charge in [0.25, 0.3) is 11.1 Å². The molecule has 1 saturated heterocycles. The minimum Gasteiger partial charge on any atom is -0.493 e. The molecule has 4 rings (SSSR count). The number of carbonyl (C=O) groups is 3. The van der Waals surface area contributed by atoms with Crippen molar-refractivity contribution in [3.8, 4) is 11.5 Å². The van der Waals surface area contributed by atoms with Crippen LogP contribution < -0.4 is 14.8 Å². The molecular formula is C28H25ClN2O5S. The van der Waals surface area contributed by atoms with E-state index in [0.717, 1.165) is 33.4 Å². The number of anilines is 1. The van der Waals surface area contributed by atoms with E-state index in [2.05, 4.69) is 5.32 Å². The summed E-state index contributed by atoms with van der Waals surface area (Å²) in [6.07, 6.45) is 1.54. The minimum atomic E-state index is -0.551. The first-order valence-electron chi connectivity index (χ1n) is 11.4. The number of carbonyl (C=O) groups excluding carboxylic acids is 3. The molecule has 190 valence electrons. The zero-order valence-corrected chi connectivity index (χ0v) is 22.1. The number of methoxy groups -OCH3 is 1. The van der Waals surface area contributed by atoms with Gasteiger partial charge in [-0.1, -0.05) is 48.0 Å². The molecule has 0 spiro atoms. The van der Waals surface area contributed by atoms with Crippen LogP contribution in [0.4, 0.5) is 10.5 Å². The lowest BCUT2D eigenvalue weighted by Crippen LogP contribution is -2.36. The number of nitrogens with zero attached hydrogens (tertiary/aromatic N) is 1. The Hall–Kier alpha value is -3.75. The number of amides is 3. The predicted octanol–water partition coefficient (Wildman–Crippen LogP) is 6.22. The van der Waals surface area contributed by atoms with E-state index in [4.69, 9.17) is 21.1 Å². The molecule has 1 aliphatic rings. The summed E-state index contributed by atoms with van der Waals surface area (Å²) in [4.78, 5) is 39.0. The van der Waals surface area contributed by atoms with E-state index in [1.807, 2.05) is 56.3 Å². The number of hydrogen-bond donors (Lipinski definition) is 1. The second-order valence-corrected chi connectivity index (χ2v) is 9.82. The summed E-state index contributed by atoms with van der Waals surface area (Å²) in [5.74, 6) is -0.246. The number of halogens is 1. The predicted molar refractivity (Wildman–Crippen MR) is 146 cm³/mol. The number of nitrogens with one attached hydrogen (secondary N) is 1. The Balaban J connectivity index is 1.46. The second kappa shape index (κ2) is 11.5. The van der Waals surface area contributed by atoms with Gasteiger partial charge < -0.3 is 14.8 Å². The van der Waals surface area contributed by atoms with Gasteiger partial charge in [-0.15, -0.1) is 0 Å². The van der Waals surface area contributed by atoms with Crippen LogP contribution in [0.1, 0.15) is 22.3 Å². The molecule has 3 amide bonds. The van der Waals surface area contributed by atoms with Gasteiger partial charge in [-0.25, -0.2) is 0 Å². The fraction of sp³-hybridized carbons (Fsp3) is 0.179. The van der Waals surface area contributed by atoms with Crippen molar-refractivity contribution in [3.05, 3.63) is 92.8 Å². The molecule has 1 fully saturated rings. The van der Waals surface area contributed by atoms with Crippen LogP contribution in [0.15, 0.2) is 65.6 Å². The van der Waals surface area contributed by atoms with Gasteiger partial charge in [-0.2, -0.15) is 0 Å². The van der Waals surface area contributed by atoms with Crippen LogP contribution in [-0.4, -0.2) is 35.6 Å². The fourth-order valence-corrected chi connectivity index (χ4v) is 4.76. The highest BCUT2D eigenvalue weighted by Crippen LogP contribution is 2.39. The van der Waals surface area contributed by atoms with Crippen LogP contribution in [-0.2, 0) is 16.2 Å². The molecule has 0 bridgehead atoms. The van der Waals surface area contributed by atoms with Crippen molar-refractivity contribution in [2.45, 2.75) is 20.5 Å². The highest BCUT2D eigenvalue weighted by molar-refractivity contribution is 8.18. The standard InChI is InChI=1S/C28H25ClN2O5S/c1-17-9-10-21(11-18(17)2)30-25(32)15-31-27(33)24(37-28(31)34)14-20-12-22(29)26(23(13-20)35-3)36-16-19-7-5-4-6-8-19/h4-14H,15-16H2,1-3H3,(H,30,32)/b24-14-. The third kappa shape index (κ3) is 6.34. The van der Waals surface area contributed by atoms with Crippen molar-refractivity contribution in [1.82, 2.24) is 4.90 Å². The van der Waals surface area contributed by atoms with Gasteiger partial charge in [0.1, 0.15) is 13.2 Å². The summed E-state index contributed by atoms with van der Waals surface area (Å²) in [6.45, 7) is 3.84. The maximum absolute atomic E-state index is 12.9. The molecule has 3 aromatic rings. The van der Waals surface area contributed by atoms with Crippen molar-refractivity contribution in [2.24, 2.45) is 0 Å². The number of hydrogen-bond acceptors (Lipinski definition) is 6. The van der Waals surface area contributed by atoms with Gasteiger partial charge >= 0.3 is 0 Å². The Morgan fingerprint density at radius 3 is 2.51 bits per heavy atom. The van der Waals surface area contributed by atoms with Gasteiger partial charge in [-0.05, 0) is 78.2 Å². The Morgan fingerprint density at radius 1 is 1.05 bits per heavy atom. The highest BCUT2D eigenvalue weighted by atomic mass is 35.5. The molecule has 7 nitrogen and oxygen atoms in total. The minimum absolute atomic E-state index is 0.181. The number of benzene rings is 3. The molecular weight excluding hydrogens is 512 g/mol. The van der Waals surface area contributed by atoms with E-state index >= 15 is 0 Å². The maximum atomic E-state index is 12.9. The van der Waals surface area contributed by atoms with Gasteiger partial charge in [0.15, 0.2) is 11.5 Å². The van der Waals surface area contributed by atoms with Crippen molar-refractivity contribution >= 4 is 52.2 Å². The summed E-state index contributed by atoms with van der Waals surface area (Å²) < 4.78 is 11.3. The van der Waals surface area contributed by atoms with E-state index in [1.54, 1.807) is 24.3 Å². The molecule has 1 aliphatic heterocycles. The molecule has 0 aromatic heterocycles. The van der Waals surface area contributed by atoms with Gasteiger partial charge in [0, 0.05) is 5.69 Å². The van der Waals surface area contributed by atoms with E-state index in [9.17, 15) is 14.4 Å². The maximum Gasteiger partial charge on any atom is 0.294 e. The molecule has 37 heavy (non-hydrogen) atoms. The summed E-state index contributed by atoms with van der Waals surface area (Å²) in [6, 6.07) is 18.4. The summed E-state index contributed by atoms with van der Waals surface area (Å²) in [5, 5.41) is 2.51. The molecule has 0 aliphatic carbocycles. The lowest BCUT2D eigenvalue weighted by molar-refractivity contribution is -0.127. The van der Waals surface area contributed by atoms with E-state index in [0.29, 0.717) is 34.4 Å². The monoisotopic (exact) mass is 536 g/mol. The van der Waals surface area contributed by atoms with Gasteiger partial charge in [-0.3, -0.25) is 19.3 Å². The van der Waals surface area contributed by atoms with Crippen LogP contribution in [0.5, 0.6) is 11.5 Å². The quantitative estimate of drug-likeness (QED) is 0.344. The van der Waals surface area contributed by atoms with Crippen molar-refractivity contribution in [3.63, 3.8) is 0 Å². The van der Waals surface area contributed by atoms with Gasteiger partial charge in [0.2, 0.25) is 5.91 Å². The van der Waals surface area contributed by atoms with E-state index in [-0.39, 0.29) is 11.4 Å². The van der Waals surface area contributed by atoms with E-state index in [1.165, 1.54) is 7.11 Å². The van der Waals surface area contributed by atoms with Crippen LogP contribution in [0.25, 0.3) is 6.08 Å². The number of ether oxygens (including phenoxy) is 2. The number of imide groups is 1. The number of rotatable bonds is 8. The average Bonchev–Trinajstić information content (AvgIpc) is 3.13. The van der Waals surface area contributed by atoms with Crippen LogP contribution in [0, 0.1) is 13.8 Å². The topological polar surface area (TPSA) is 84.9 Å². The Kier molecular flexibility index (Phi) is 8.21. The van der Waals surface area contributed by atoms with Crippen LogP contribution in [0.2, 0.25) is 5.02 Å². The molecule has 0 unspecified atom stereocenters. The zero-order valence-electron chi connectivity index (χ0n) is 20.5. The van der Waals surface area contributed by atoms with Gasteiger partial charge in [0.05, 0.1) is 17.0 Å². The number of thioether (sulfide) groups is 1. The normalized spacial score (nSPS) is 14.3. The second-order valence-electron chi connectivity index (χ2n) is 8.42. The van der Waals surface area contributed by atoms with Crippen LogP contribution >= 0.6 is 23.4 Å². The van der Waals surface area contributed by atoms with Crippen molar-refractivity contribution < 1.29 is 23.9 Å². The Morgan fingerprint density at radius 2 is 1.81 bits per heavy atom. The lowest BCUT2D eigenvalue weighted by atomic mass is 10.1. The molecule has 0 atom stereocenters. The largest absolute Gasteiger partial charge is 0.493 e. The number of aryl methyl sites for hydroxylation is 2. The first-order valence-corrected chi connectivity index (χ1v) is 12.6. The molecule has 0 radical (unpaired) electrons. The molecule has 0 saturated carbocycles. The SMILES string of the molecule is COc1cc(/C=C2\SC(=O)N(CC(=O)Nc3ccc(C)c(C)c3)C2=O)cc(Cl)c1OCc1ccccc1. The molecule has 9 heteroatoms. The summed E-state index contributed by atoms with van der Waals surface area (Å²) in [5.41, 5.74) is 4.25. The fourth-order valence-electron chi connectivity index (χ4n) is 3.64. The van der Waals surface area contributed by atoms with Crippen molar-refractivity contribution in [1.29, 1.82) is 0 Å². The first-order chi connectivity index (χ1) is 17.7. The first kappa shape index (κ1) is 26.3. The third-order valence-electron chi connectivity index (χ3n) is 5.74. The van der Waals surface area contributed by atoms with E-state index < -0.39 is 17.1 Å². The Labute approximate surface area is 224 Å². The lowest BCUT2D eigenvalue weighted by Gasteiger charge is -2.14. The third-order valence-corrected chi connectivity index (χ3v) is 6.93. The molecule has 1 heterocycles.